The maximum absolute atomic E-state index is 11.0. The van der Waals surface area contributed by atoms with Gasteiger partial charge in [0.15, 0.2) is 0 Å². The smallest absolute Gasteiger partial charge is 0.352 e. The Morgan fingerprint density at radius 2 is 1.89 bits per heavy atom. The average Bonchev–Trinajstić information content (AvgIpc) is 2.60. The highest BCUT2D eigenvalue weighted by molar-refractivity contribution is 5.68. The standard InChI is InChI=1S/C11H17N5O2/c1-10(2)9(11(10,3)4)15-8-6(16(17)18)7(12)13-5-14-8/h5,9H,1-4H3,(H3,12,13,14,15). The molecule has 0 spiro atoms. The molecule has 1 heterocycles. The zero-order valence-electron chi connectivity index (χ0n) is 10.9. The van der Waals surface area contributed by atoms with Crippen LogP contribution < -0.4 is 11.1 Å². The van der Waals surface area contributed by atoms with Crippen LogP contribution in [0, 0.1) is 20.9 Å². The molecule has 1 aromatic rings. The third kappa shape index (κ3) is 1.58. The van der Waals surface area contributed by atoms with Gasteiger partial charge < -0.3 is 11.1 Å². The maximum Gasteiger partial charge on any atom is 0.352 e. The number of nitro groups is 1. The number of anilines is 2. The van der Waals surface area contributed by atoms with Gasteiger partial charge in [0, 0.05) is 6.04 Å². The molecule has 3 N–H and O–H groups in total. The molecular formula is C11H17N5O2. The van der Waals surface area contributed by atoms with Gasteiger partial charge in [0.05, 0.1) is 4.92 Å². The Labute approximate surface area is 105 Å². The van der Waals surface area contributed by atoms with Crippen LogP contribution in [0.15, 0.2) is 6.33 Å². The van der Waals surface area contributed by atoms with Gasteiger partial charge >= 0.3 is 5.69 Å². The van der Waals surface area contributed by atoms with Crippen LogP contribution in [0.2, 0.25) is 0 Å². The molecule has 0 saturated heterocycles. The van der Waals surface area contributed by atoms with Gasteiger partial charge in [0.25, 0.3) is 0 Å². The van der Waals surface area contributed by atoms with Crippen molar-refractivity contribution in [2.24, 2.45) is 10.8 Å². The quantitative estimate of drug-likeness (QED) is 0.626. The van der Waals surface area contributed by atoms with Crippen molar-refractivity contribution in [3.63, 3.8) is 0 Å². The predicted octanol–water partition coefficient (Wildman–Crippen LogP) is 1.81. The zero-order chi connectivity index (χ0) is 13.7. The molecule has 98 valence electrons. The molecule has 18 heavy (non-hydrogen) atoms. The molecule has 2 rings (SSSR count). The lowest BCUT2D eigenvalue weighted by Gasteiger charge is -2.08. The zero-order valence-corrected chi connectivity index (χ0v) is 10.9. The van der Waals surface area contributed by atoms with Crippen molar-refractivity contribution >= 4 is 17.3 Å². The summed E-state index contributed by atoms with van der Waals surface area (Å²) < 4.78 is 0. The number of nitrogens with one attached hydrogen (secondary N) is 1. The van der Waals surface area contributed by atoms with Crippen molar-refractivity contribution in [2.45, 2.75) is 33.7 Å². The van der Waals surface area contributed by atoms with Crippen LogP contribution in [0.3, 0.4) is 0 Å². The first kappa shape index (κ1) is 12.5. The molecule has 7 heteroatoms. The third-order valence-corrected chi connectivity index (χ3v) is 4.33. The first-order valence-corrected chi connectivity index (χ1v) is 5.71. The van der Waals surface area contributed by atoms with Crippen molar-refractivity contribution in [3.8, 4) is 0 Å². The summed E-state index contributed by atoms with van der Waals surface area (Å²) in [6.07, 6.45) is 1.23. The fraction of sp³-hybridized carbons (Fsp3) is 0.636. The van der Waals surface area contributed by atoms with Gasteiger partial charge in [-0.2, -0.15) is 0 Å². The van der Waals surface area contributed by atoms with E-state index in [1.54, 1.807) is 0 Å². The summed E-state index contributed by atoms with van der Waals surface area (Å²) in [5, 5.41) is 14.1. The summed E-state index contributed by atoms with van der Waals surface area (Å²) in [7, 11) is 0. The molecule has 1 saturated carbocycles. The summed E-state index contributed by atoms with van der Waals surface area (Å²) in [5.41, 5.74) is 5.38. The first-order valence-electron chi connectivity index (χ1n) is 5.71. The minimum atomic E-state index is -0.556. The van der Waals surface area contributed by atoms with Crippen molar-refractivity contribution in [1.82, 2.24) is 9.97 Å². The Bertz CT molecular complexity index is 498. The average molecular weight is 251 g/mol. The SMILES string of the molecule is CC1(C)C(Nc2ncnc(N)c2[N+](=O)[O-])C1(C)C. The second kappa shape index (κ2) is 3.54. The molecule has 0 radical (unpaired) electrons. The van der Waals surface area contributed by atoms with Crippen molar-refractivity contribution in [3.05, 3.63) is 16.4 Å². The van der Waals surface area contributed by atoms with E-state index in [0.29, 0.717) is 0 Å². The lowest BCUT2D eigenvalue weighted by Crippen LogP contribution is -2.14. The van der Waals surface area contributed by atoms with Gasteiger partial charge in [-0.3, -0.25) is 10.1 Å². The second-order valence-electron chi connectivity index (χ2n) is 5.73. The number of hydrogen-bond acceptors (Lipinski definition) is 6. The van der Waals surface area contributed by atoms with E-state index in [0.717, 1.165) is 0 Å². The normalized spacial score (nSPS) is 20.4. The lowest BCUT2D eigenvalue weighted by atomic mass is 10.0. The summed E-state index contributed by atoms with van der Waals surface area (Å²) >= 11 is 0. The van der Waals surface area contributed by atoms with Crippen LogP contribution in [-0.2, 0) is 0 Å². The molecule has 0 aliphatic heterocycles. The maximum atomic E-state index is 11.0. The van der Waals surface area contributed by atoms with Gasteiger partial charge in [0.2, 0.25) is 11.6 Å². The molecule has 1 fully saturated rings. The van der Waals surface area contributed by atoms with Crippen molar-refractivity contribution in [1.29, 1.82) is 0 Å². The molecule has 0 bridgehead atoms. The molecular weight excluding hydrogens is 234 g/mol. The van der Waals surface area contributed by atoms with E-state index in [1.165, 1.54) is 6.33 Å². The Morgan fingerprint density at radius 3 is 2.33 bits per heavy atom. The van der Waals surface area contributed by atoms with Crippen LogP contribution in [0.5, 0.6) is 0 Å². The largest absolute Gasteiger partial charge is 0.378 e. The van der Waals surface area contributed by atoms with Gasteiger partial charge in [-0.05, 0) is 10.8 Å². The Kier molecular flexibility index (Phi) is 2.46. The van der Waals surface area contributed by atoms with E-state index in [1.807, 2.05) is 0 Å². The first-order chi connectivity index (χ1) is 8.19. The second-order valence-corrected chi connectivity index (χ2v) is 5.73. The molecule has 0 amide bonds. The molecule has 0 aromatic carbocycles. The third-order valence-electron chi connectivity index (χ3n) is 4.33. The molecule has 1 aliphatic carbocycles. The van der Waals surface area contributed by atoms with Gasteiger partial charge in [-0.25, -0.2) is 9.97 Å². The molecule has 1 aliphatic rings. The fourth-order valence-corrected chi connectivity index (χ4v) is 2.37. The Balaban J connectivity index is 2.32. The fourth-order valence-electron chi connectivity index (χ4n) is 2.37. The highest BCUT2D eigenvalue weighted by atomic mass is 16.6. The molecule has 7 nitrogen and oxygen atoms in total. The Hall–Kier alpha value is -1.92. The summed E-state index contributed by atoms with van der Waals surface area (Å²) in [4.78, 5) is 18.0. The minimum Gasteiger partial charge on any atom is -0.378 e. The van der Waals surface area contributed by atoms with E-state index in [-0.39, 0.29) is 34.2 Å². The van der Waals surface area contributed by atoms with Crippen LogP contribution in [0.25, 0.3) is 0 Å². The highest BCUT2D eigenvalue weighted by Gasteiger charge is 2.65. The van der Waals surface area contributed by atoms with Crippen LogP contribution >= 0.6 is 0 Å². The molecule has 0 unspecified atom stereocenters. The summed E-state index contributed by atoms with van der Waals surface area (Å²) in [6, 6.07) is 0.123. The van der Waals surface area contributed by atoms with E-state index in [4.69, 9.17) is 5.73 Å². The van der Waals surface area contributed by atoms with Gasteiger partial charge in [0.1, 0.15) is 6.33 Å². The van der Waals surface area contributed by atoms with Gasteiger partial charge in [-0.1, -0.05) is 27.7 Å². The van der Waals surface area contributed by atoms with E-state index < -0.39 is 4.92 Å². The number of nitrogen functional groups attached to an aromatic ring is 1. The number of aromatic nitrogens is 2. The molecule has 1 aromatic heterocycles. The number of nitrogens with two attached hydrogens (primary N) is 1. The Morgan fingerprint density at radius 1 is 1.33 bits per heavy atom. The topological polar surface area (TPSA) is 107 Å². The van der Waals surface area contributed by atoms with E-state index in [2.05, 4.69) is 43.0 Å². The monoisotopic (exact) mass is 251 g/mol. The lowest BCUT2D eigenvalue weighted by molar-refractivity contribution is -0.383. The van der Waals surface area contributed by atoms with E-state index in [9.17, 15) is 10.1 Å². The predicted molar refractivity (Wildman–Crippen MR) is 68.1 cm³/mol. The van der Waals surface area contributed by atoms with Crippen LogP contribution in [0.1, 0.15) is 27.7 Å². The van der Waals surface area contributed by atoms with Crippen LogP contribution in [-0.4, -0.2) is 20.9 Å². The number of hydrogen-bond donors (Lipinski definition) is 2. The van der Waals surface area contributed by atoms with Gasteiger partial charge in [-0.15, -0.1) is 0 Å². The van der Waals surface area contributed by atoms with Crippen LogP contribution in [0.4, 0.5) is 17.3 Å². The number of rotatable bonds is 3. The minimum absolute atomic E-state index is 0.0561. The highest BCUT2D eigenvalue weighted by Crippen LogP contribution is 2.63. The molecule has 0 atom stereocenters. The number of nitrogens with zero attached hydrogens (tertiary/aromatic N) is 3. The van der Waals surface area contributed by atoms with Crippen molar-refractivity contribution < 1.29 is 4.92 Å². The summed E-state index contributed by atoms with van der Waals surface area (Å²) in [6.45, 7) is 8.45. The summed E-state index contributed by atoms with van der Waals surface area (Å²) in [5.74, 6) is 0.0740. The van der Waals surface area contributed by atoms with Crippen molar-refractivity contribution in [2.75, 3.05) is 11.1 Å². The van der Waals surface area contributed by atoms with E-state index >= 15 is 0 Å².